The Balaban J connectivity index is 1.45. The molecular weight excluding hydrogens is 309 g/mol. The lowest BCUT2D eigenvalue weighted by Crippen LogP contribution is -2.19. The zero-order chi connectivity index (χ0) is 17.6. The summed E-state index contributed by atoms with van der Waals surface area (Å²) in [4.78, 5) is 0. The number of hydrogen-bond donors (Lipinski definition) is 0. The quantitative estimate of drug-likeness (QED) is 0.573. The Morgan fingerprint density at radius 3 is 2.36 bits per heavy atom. The lowest BCUT2D eigenvalue weighted by atomic mass is 9.75. The van der Waals surface area contributed by atoms with E-state index in [9.17, 15) is 4.39 Å². The summed E-state index contributed by atoms with van der Waals surface area (Å²) in [7, 11) is 0. The molecule has 1 atom stereocenters. The highest BCUT2D eigenvalue weighted by Crippen LogP contribution is 2.37. The van der Waals surface area contributed by atoms with E-state index < -0.39 is 0 Å². The molecule has 2 aliphatic rings. The van der Waals surface area contributed by atoms with Gasteiger partial charge in [0.15, 0.2) is 0 Å². The minimum atomic E-state index is -0.260. The Bertz CT molecular complexity index is 607. The normalized spacial score (nSPS) is 26.0. The predicted molar refractivity (Wildman–Crippen MR) is 101 cm³/mol. The molecule has 1 aromatic rings. The smallest absolute Gasteiger partial charge is 0.144 e. The molecule has 1 saturated carbocycles. The van der Waals surface area contributed by atoms with E-state index in [1.807, 2.05) is 12.1 Å². The summed E-state index contributed by atoms with van der Waals surface area (Å²) < 4.78 is 14.3. The zero-order valence-electron chi connectivity index (χ0n) is 15.7. The molecule has 3 rings (SSSR count). The van der Waals surface area contributed by atoms with E-state index in [4.69, 9.17) is 5.26 Å². The summed E-state index contributed by atoms with van der Waals surface area (Å²) in [6.45, 7) is 2.29. The molecule has 2 heteroatoms. The van der Waals surface area contributed by atoms with Crippen molar-refractivity contribution in [2.24, 2.45) is 17.8 Å². The van der Waals surface area contributed by atoms with Gasteiger partial charge in [-0.25, -0.2) is 4.39 Å². The Hall–Kier alpha value is -1.36. The number of nitriles is 1. The van der Waals surface area contributed by atoms with Crippen molar-refractivity contribution in [3.63, 3.8) is 0 Å². The SMILES string of the molecule is CCCCC1CCC(CCC2CCc3c(ccc(C#N)c3F)C2)CC1. The van der Waals surface area contributed by atoms with Crippen LogP contribution in [-0.2, 0) is 12.8 Å². The number of unbranched alkanes of at least 4 members (excludes halogenated alkanes) is 1. The first-order valence-corrected chi connectivity index (χ1v) is 10.4. The van der Waals surface area contributed by atoms with Crippen molar-refractivity contribution in [3.05, 3.63) is 34.6 Å². The van der Waals surface area contributed by atoms with Gasteiger partial charge in [0, 0.05) is 0 Å². The van der Waals surface area contributed by atoms with Crippen LogP contribution in [0.5, 0.6) is 0 Å². The highest BCUT2D eigenvalue weighted by Gasteiger charge is 2.25. The molecule has 0 radical (unpaired) electrons. The Morgan fingerprint density at radius 2 is 1.68 bits per heavy atom. The summed E-state index contributed by atoms with van der Waals surface area (Å²) in [5.41, 5.74) is 2.17. The summed E-state index contributed by atoms with van der Waals surface area (Å²) >= 11 is 0. The highest BCUT2D eigenvalue weighted by molar-refractivity contribution is 5.41. The fourth-order valence-corrected chi connectivity index (χ4v) is 4.99. The minimum absolute atomic E-state index is 0.206. The molecule has 1 nitrogen and oxygen atoms in total. The van der Waals surface area contributed by atoms with E-state index in [0.717, 1.165) is 42.2 Å². The molecule has 0 amide bonds. The summed E-state index contributed by atoms with van der Waals surface area (Å²) in [6.07, 6.45) is 15.5. The molecule has 2 aliphatic carbocycles. The predicted octanol–water partition coefficient (Wildman–Crippen LogP) is 6.58. The monoisotopic (exact) mass is 341 g/mol. The van der Waals surface area contributed by atoms with Gasteiger partial charge in [-0.05, 0) is 60.6 Å². The Labute approximate surface area is 152 Å². The second-order valence-corrected chi connectivity index (χ2v) is 8.39. The zero-order valence-corrected chi connectivity index (χ0v) is 15.7. The molecule has 1 fully saturated rings. The molecule has 0 aliphatic heterocycles. The maximum absolute atomic E-state index is 14.3. The van der Waals surface area contributed by atoms with E-state index in [2.05, 4.69) is 6.92 Å². The molecule has 25 heavy (non-hydrogen) atoms. The molecule has 1 aromatic carbocycles. The van der Waals surface area contributed by atoms with Crippen LogP contribution in [0.25, 0.3) is 0 Å². The molecule has 0 spiro atoms. The van der Waals surface area contributed by atoms with E-state index in [1.54, 1.807) is 6.07 Å². The van der Waals surface area contributed by atoms with E-state index >= 15 is 0 Å². The van der Waals surface area contributed by atoms with Crippen molar-refractivity contribution in [1.82, 2.24) is 0 Å². The third-order valence-corrected chi connectivity index (χ3v) is 6.69. The van der Waals surface area contributed by atoms with Gasteiger partial charge in [0.2, 0.25) is 0 Å². The van der Waals surface area contributed by atoms with Crippen molar-refractivity contribution in [3.8, 4) is 6.07 Å². The van der Waals surface area contributed by atoms with Crippen LogP contribution in [0.4, 0.5) is 4.39 Å². The lowest BCUT2D eigenvalue weighted by molar-refractivity contribution is 0.234. The summed E-state index contributed by atoms with van der Waals surface area (Å²) in [5, 5.41) is 8.98. The lowest BCUT2D eigenvalue weighted by Gasteiger charge is -2.31. The molecular formula is C23H32FN. The van der Waals surface area contributed by atoms with Crippen molar-refractivity contribution >= 4 is 0 Å². The third-order valence-electron chi connectivity index (χ3n) is 6.69. The van der Waals surface area contributed by atoms with E-state index in [-0.39, 0.29) is 11.4 Å². The van der Waals surface area contributed by atoms with Gasteiger partial charge >= 0.3 is 0 Å². The van der Waals surface area contributed by atoms with Crippen LogP contribution in [0, 0.1) is 34.9 Å². The van der Waals surface area contributed by atoms with Gasteiger partial charge in [0.25, 0.3) is 0 Å². The number of halogens is 1. The molecule has 0 N–H and O–H groups in total. The Morgan fingerprint density at radius 1 is 1.00 bits per heavy atom. The molecule has 0 heterocycles. The van der Waals surface area contributed by atoms with Crippen LogP contribution < -0.4 is 0 Å². The van der Waals surface area contributed by atoms with Gasteiger partial charge in [0.05, 0.1) is 5.56 Å². The Kier molecular flexibility index (Phi) is 6.51. The number of nitrogens with zero attached hydrogens (tertiary/aromatic N) is 1. The van der Waals surface area contributed by atoms with Crippen molar-refractivity contribution in [2.45, 2.75) is 84.0 Å². The maximum atomic E-state index is 14.3. The molecule has 136 valence electrons. The molecule has 0 bridgehead atoms. The first kappa shape index (κ1) is 18.4. The first-order valence-electron chi connectivity index (χ1n) is 10.4. The second kappa shape index (κ2) is 8.84. The van der Waals surface area contributed by atoms with Gasteiger partial charge in [-0.1, -0.05) is 64.4 Å². The third kappa shape index (κ3) is 4.63. The van der Waals surface area contributed by atoms with E-state index in [1.165, 1.54) is 57.8 Å². The number of benzene rings is 1. The van der Waals surface area contributed by atoms with Crippen LogP contribution >= 0.6 is 0 Å². The van der Waals surface area contributed by atoms with Crippen LogP contribution in [-0.4, -0.2) is 0 Å². The van der Waals surface area contributed by atoms with Crippen molar-refractivity contribution < 1.29 is 4.39 Å². The highest BCUT2D eigenvalue weighted by atomic mass is 19.1. The van der Waals surface area contributed by atoms with Crippen molar-refractivity contribution in [2.75, 3.05) is 0 Å². The molecule has 0 aromatic heterocycles. The number of hydrogen-bond acceptors (Lipinski definition) is 1. The topological polar surface area (TPSA) is 23.8 Å². The average molecular weight is 342 g/mol. The van der Waals surface area contributed by atoms with Gasteiger partial charge in [-0.15, -0.1) is 0 Å². The van der Waals surface area contributed by atoms with Crippen LogP contribution in [0.3, 0.4) is 0 Å². The standard InChI is InChI=1S/C23H32FN/c1-2-3-4-17-5-7-18(8-6-17)9-10-19-11-14-22-20(15-19)12-13-21(16-25)23(22)24/h12-13,17-19H,2-11,14-15H2,1H3. The van der Waals surface area contributed by atoms with Crippen LogP contribution in [0.1, 0.15) is 87.8 Å². The first-order chi connectivity index (χ1) is 12.2. The van der Waals surface area contributed by atoms with Gasteiger partial charge in [0.1, 0.15) is 11.9 Å². The second-order valence-electron chi connectivity index (χ2n) is 8.39. The molecule has 1 unspecified atom stereocenters. The number of fused-ring (bicyclic) bond motifs is 1. The minimum Gasteiger partial charge on any atom is -0.205 e. The largest absolute Gasteiger partial charge is 0.205 e. The summed E-state index contributed by atoms with van der Waals surface area (Å²) in [6, 6.07) is 5.61. The molecule has 0 saturated heterocycles. The van der Waals surface area contributed by atoms with Gasteiger partial charge in [-0.2, -0.15) is 5.26 Å². The maximum Gasteiger partial charge on any atom is 0.144 e. The average Bonchev–Trinajstić information content (AvgIpc) is 2.66. The van der Waals surface area contributed by atoms with Crippen molar-refractivity contribution in [1.29, 1.82) is 5.26 Å². The van der Waals surface area contributed by atoms with Gasteiger partial charge in [-0.3, -0.25) is 0 Å². The number of rotatable bonds is 6. The van der Waals surface area contributed by atoms with Gasteiger partial charge < -0.3 is 0 Å². The fourth-order valence-electron chi connectivity index (χ4n) is 4.99. The fraction of sp³-hybridized carbons (Fsp3) is 0.696. The summed E-state index contributed by atoms with van der Waals surface area (Å²) in [5.74, 6) is 2.37. The van der Waals surface area contributed by atoms with E-state index in [0.29, 0.717) is 5.92 Å². The van der Waals surface area contributed by atoms with Crippen LogP contribution in [0.15, 0.2) is 12.1 Å². The van der Waals surface area contributed by atoms with Crippen LogP contribution in [0.2, 0.25) is 0 Å².